The topological polar surface area (TPSA) is 72.2 Å². The molecule has 0 heterocycles. The number of anilines is 1. The predicted octanol–water partition coefficient (Wildman–Crippen LogP) is 2.13. The summed E-state index contributed by atoms with van der Waals surface area (Å²) in [4.78, 5) is 12.8. The van der Waals surface area contributed by atoms with E-state index in [0.717, 1.165) is 31.2 Å². The first-order valence-electron chi connectivity index (χ1n) is 7.06. The van der Waals surface area contributed by atoms with Crippen molar-refractivity contribution < 1.29 is 9.00 Å². The summed E-state index contributed by atoms with van der Waals surface area (Å²) in [6.45, 7) is 3.55. The van der Waals surface area contributed by atoms with E-state index >= 15 is 0 Å². The van der Waals surface area contributed by atoms with Gasteiger partial charge in [0.15, 0.2) is 0 Å². The molecule has 0 spiro atoms. The Labute approximate surface area is 122 Å². The molecule has 1 amide bonds. The number of carbonyl (C=O) groups is 1. The van der Waals surface area contributed by atoms with Gasteiger partial charge in [-0.1, -0.05) is 18.9 Å². The van der Waals surface area contributed by atoms with E-state index in [2.05, 4.69) is 5.32 Å². The zero-order valence-corrected chi connectivity index (χ0v) is 12.8. The third-order valence-electron chi connectivity index (χ3n) is 3.93. The van der Waals surface area contributed by atoms with Gasteiger partial charge in [0, 0.05) is 16.6 Å². The monoisotopic (exact) mass is 294 g/mol. The van der Waals surface area contributed by atoms with Crippen LogP contribution in [0.4, 0.5) is 5.69 Å². The molecule has 1 saturated carbocycles. The van der Waals surface area contributed by atoms with E-state index in [1.807, 2.05) is 6.92 Å². The molecule has 0 aliphatic heterocycles. The highest BCUT2D eigenvalue weighted by Gasteiger charge is 2.26. The standard InChI is InChI=1S/C15H22N2O2S/c1-10-13(16)8-5-9-14(10)20(19)11(2)15(18)17-12-6-3-4-7-12/h5,8-9,11-12H,3-4,6-7,16H2,1-2H3,(H,17,18). The van der Waals surface area contributed by atoms with Crippen molar-refractivity contribution in [1.29, 1.82) is 0 Å². The quantitative estimate of drug-likeness (QED) is 0.836. The first kappa shape index (κ1) is 15.0. The van der Waals surface area contributed by atoms with Gasteiger partial charge in [-0.25, -0.2) is 0 Å². The average molecular weight is 294 g/mol. The van der Waals surface area contributed by atoms with Gasteiger partial charge in [-0.05, 0) is 44.4 Å². The molecule has 1 aromatic rings. The van der Waals surface area contributed by atoms with E-state index in [1.165, 1.54) is 0 Å². The minimum absolute atomic E-state index is 0.128. The second-order valence-corrected chi connectivity index (χ2v) is 7.14. The molecule has 5 heteroatoms. The molecule has 0 radical (unpaired) electrons. The minimum atomic E-state index is -1.37. The smallest absolute Gasteiger partial charge is 0.236 e. The highest BCUT2D eigenvalue weighted by molar-refractivity contribution is 7.86. The molecule has 2 atom stereocenters. The fourth-order valence-electron chi connectivity index (χ4n) is 2.53. The van der Waals surface area contributed by atoms with Crippen LogP contribution in [0.25, 0.3) is 0 Å². The largest absolute Gasteiger partial charge is 0.398 e. The third kappa shape index (κ3) is 3.20. The van der Waals surface area contributed by atoms with Gasteiger partial charge < -0.3 is 11.1 Å². The van der Waals surface area contributed by atoms with Gasteiger partial charge in [0.05, 0.1) is 10.8 Å². The van der Waals surface area contributed by atoms with Crippen molar-refractivity contribution in [1.82, 2.24) is 5.32 Å². The van der Waals surface area contributed by atoms with E-state index in [-0.39, 0.29) is 11.9 Å². The molecule has 3 N–H and O–H groups in total. The van der Waals surface area contributed by atoms with E-state index in [4.69, 9.17) is 5.73 Å². The number of rotatable bonds is 4. The lowest BCUT2D eigenvalue weighted by Crippen LogP contribution is -2.40. The van der Waals surface area contributed by atoms with Crippen LogP contribution in [0.3, 0.4) is 0 Å². The molecule has 110 valence electrons. The van der Waals surface area contributed by atoms with Crippen molar-refractivity contribution in [2.45, 2.75) is 55.7 Å². The Hall–Kier alpha value is -1.36. The van der Waals surface area contributed by atoms with Crippen LogP contribution in [0.15, 0.2) is 23.1 Å². The summed E-state index contributed by atoms with van der Waals surface area (Å²) >= 11 is 0. The van der Waals surface area contributed by atoms with E-state index in [9.17, 15) is 9.00 Å². The molecule has 0 bridgehead atoms. The number of nitrogen functional groups attached to an aromatic ring is 1. The van der Waals surface area contributed by atoms with Gasteiger partial charge >= 0.3 is 0 Å². The van der Waals surface area contributed by atoms with Crippen molar-refractivity contribution >= 4 is 22.4 Å². The molecule has 1 aliphatic carbocycles. The molecule has 2 rings (SSSR count). The van der Waals surface area contributed by atoms with Crippen molar-refractivity contribution in [3.8, 4) is 0 Å². The summed E-state index contributed by atoms with van der Waals surface area (Å²) in [7, 11) is -1.37. The molecule has 1 fully saturated rings. The summed E-state index contributed by atoms with van der Waals surface area (Å²) in [5, 5.41) is 2.44. The lowest BCUT2D eigenvalue weighted by atomic mass is 10.2. The van der Waals surface area contributed by atoms with E-state index < -0.39 is 16.0 Å². The van der Waals surface area contributed by atoms with Crippen molar-refractivity contribution in [3.05, 3.63) is 23.8 Å². The summed E-state index contributed by atoms with van der Waals surface area (Å²) in [5.41, 5.74) is 7.24. The van der Waals surface area contributed by atoms with E-state index in [0.29, 0.717) is 10.6 Å². The Balaban J connectivity index is 2.07. The maximum atomic E-state index is 12.5. The van der Waals surface area contributed by atoms with Gasteiger partial charge in [-0.15, -0.1) is 0 Å². The van der Waals surface area contributed by atoms with Crippen LogP contribution >= 0.6 is 0 Å². The third-order valence-corrected chi connectivity index (χ3v) is 5.67. The fourth-order valence-corrected chi connectivity index (χ4v) is 3.80. The highest BCUT2D eigenvalue weighted by Crippen LogP contribution is 2.22. The number of carbonyl (C=O) groups excluding carboxylic acids is 1. The number of nitrogens with two attached hydrogens (primary N) is 1. The normalized spacial score (nSPS) is 18.7. The maximum Gasteiger partial charge on any atom is 0.236 e. The first-order chi connectivity index (χ1) is 9.50. The molecule has 4 nitrogen and oxygen atoms in total. The molecule has 0 aromatic heterocycles. The Morgan fingerprint density at radius 2 is 2.05 bits per heavy atom. The molecular formula is C15H22N2O2S. The Morgan fingerprint density at radius 3 is 2.70 bits per heavy atom. The second kappa shape index (κ2) is 6.39. The molecule has 1 aliphatic rings. The number of benzene rings is 1. The van der Waals surface area contributed by atoms with Crippen LogP contribution in [0.1, 0.15) is 38.2 Å². The van der Waals surface area contributed by atoms with Gasteiger partial charge in [-0.2, -0.15) is 0 Å². The lowest BCUT2D eigenvalue weighted by Gasteiger charge is -2.17. The van der Waals surface area contributed by atoms with Gasteiger partial charge in [0.1, 0.15) is 5.25 Å². The fraction of sp³-hybridized carbons (Fsp3) is 0.533. The van der Waals surface area contributed by atoms with Crippen LogP contribution < -0.4 is 11.1 Å². The number of nitrogens with one attached hydrogen (secondary N) is 1. The van der Waals surface area contributed by atoms with Crippen LogP contribution in [0, 0.1) is 6.92 Å². The summed E-state index contributed by atoms with van der Waals surface area (Å²) in [5.74, 6) is -0.128. The van der Waals surface area contributed by atoms with Crippen LogP contribution in [0.5, 0.6) is 0 Å². The Kier molecular flexibility index (Phi) is 4.81. The molecule has 20 heavy (non-hydrogen) atoms. The van der Waals surface area contributed by atoms with Crippen molar-refractivity contribution in [3.63, 3.8) is 0 Å². The van der Waals surface area contributed by atoms with E-state index in [1.54, 1.807) is 25.1 Å². The zero-order valence-electron chi connectivity index (χ0n) is 12.0. The number of hydrogen-bond donors (Lipinski definition) is 2. The molecule has 1 aromatic carbocycles. The van der Waals surface area contributed by atoms with Crippen molar-refractivity contribution in [2.75, 3.05) is 5.73 Å². The second-order valence-electron chi connectivity index (χ2n) is 5.40. The maximum absolute atomic E-state index is 12.5. The van der Waals surface area contributed by atoms with Crippen LogP contribution in [-0.4, -0.2) is 21.4 Å². The summed E-state index contributed by atoms with van der Waals surface area (Å²) in [6.07, 6.45) is 4.39. The lowest BCUT2D eigenvalue weighted by molar-refractivity contribution is -0.121. The summed E-state index contributed by atoms with van der Waals surface area (Å²) < 4.78 is 12.5. The predicted molar refractivity (Wildman–Crippen MR) is 81.9 cm³/mol. The summed E-state index contributed by atoms with van der Waals surface area (Å²) in [6, 6.07) is 5.58. The van der Waals surface area contributed by atoms with Gasteiger partial charge in [-0.3, -0.25) is 9.00 Å². The minimum Gasteiger partial charge on any atom is -0.398 e. The first-order valence-corrected chi connectivity index (χ1v) is 8.28. The number of hydrogen-bond acceptors (Lipinski definition) is 3. The number of amides is 1. The molecule has 0 saturated heterocycles. The van der Waals surface area contributed by atoms with Crippen LogP contribution in [-0.2, 0) is 15.6 Å². The zero-order chi connectivity index (χ0) is 14.7. The van der Waals surface area contributed by atoms with Gasteiger partial charge in [0.2, 0.25) is 5.91 Å². The Morgan fingerprint density at radius 1 is 1.40 bits per heavy atom. The van der Waals surface area contributed by atoms with Crippen molar-refractivity contribution in [2.24, 2.45) is 0 Å². The highest BCUT2D eigenvalue weighted by atomic mass is 32.2. The Bertz CT molecular complexity index is 525. The molecular weight excluding hydrogens is 272 g/mol. The SMILES string of the molecule is Cc1c(N)cccc1S(=O)C(C)C(=O)NC1CCCC1. The van der Waals surface area contributed by atoms with Gasteiger partial charge in [0.25, 0.3) is 0 Å². The molecule has 2 unspecified atom stereocenters. The van der Waals surface area contributed by atoms with Crippen LogP contribution in [0.2, 0.25) is 0 Å². The average Bonchev–Trinajstić information content (AvgIpc) is 2.93.